The first kappa shape index (κ1) is 26.6. The maximum atomic E-state index is 13.9. The van der Waals surface area contributed by atoms with E-state index in [1.165, 1.54) is 0 Å². The number of hydrogen-bond donors (Lipinski definition) is 1. The molecule has 2 aromatic rings. The predicted molar refractivity (Wildman–Crippen MR) is 110 cm³/mol. The number of rotatable bonds is 4. The van der Waals surface area contributed by atoms with Crippen LogP contribution in [0, 0.1) is 23.3 Å². The maximum Gasteiger partial charge on any atom is 0.347 e. The van der Waals surface area contributed by atoms with Gasteiger partial charge in [-0.05, 0) is 24.3 Å². The summed E-state index contributed by atoms with van der Waals surface area (Å²) in [5.41, 5.74) is -3.86. The molecular formula is C24H26BrF4NO4. The Kier molecular flexibility index (Phi) is 6.95. The van der Waals surface area contributed by atoms with E-state index in [2.05, 4.69) is 14.1 Å². The number of epoxide rings is 1. The summed E-state index contributed by atoms with van der Waals surface area (Å²) in [6, 6.07) is 4.27. The number of carbonyl (C=O) groups is 1. The lowest BCUT2D eigenvalue weighted by Gasteiger charge is -2.45. The van der Waals surface area contributed by atoms with E-state index in [1.807, 2.05) is 0 Å². The third-order valence-electron chi connectivity index (χ3n) is 7.17. The van der Waals surface area contributed by atoms with Crippen molar-refractivity contribution >= 4 is 5.97 Å². The van der Waals surface area contributed by atoms with Crippen LogP contribution >= 0.6 is 0 Å². The van der Waals surface area contributed by atoms with Gasteiger partial charge in [-0.2, -0.15) is 0 Å². The number of hydrogen-bond acceptors (Lipinski definition) is 4. The van der Waals surface area contributed by atoms with Gasteiger partial charge in [-0.1, -0.05) is 7.43 Å². The van der Waals surface area contributed by atoms with Crippen molar-refractivity contribution in [3.05, 3.63) is 70.8 Å². The third kappa shape index (κ3) is 4.14. The number of esters is 1. The van der Waals surface area contributed by atoms with Gasteiger partial charge < -0.3 is 36.0 Å². The second kappa shape index (κ2) is 8.89. The Hall–Kier alpha value is -2.01. The lowest BCUT2D eigenvalue weighted by molar-refractivity contribution is -0.938. The van der Waals surface area contributed by atoms with E-state index in [1.54, 1.807) is 0 Å². The van der Waals surface area contributed by atoms with Gasteiger partial charge in [-0.25, -0.2) is 22.4 Å². The largest absolute Gasteiger partial charge is 1.00 e. The van der Waals surface area contributed by atoms with Crippen molar-refractivity contribution in [1.82, 2.24) is 0 Å². The maximum absolute atomic E-state index is 13.9. The zero-order chi connectivity index (χ0) is 23.0. The molecule has 34 heavy (non-hydrogen) atoms. The lowest BCUT2D eigenvalue weighted by atomic mass is 9.85. The number of halogens is 5. The van der Waals surface area contributed by atoms with Crippen molar-refractivity contribution in [1.29, 1.82) is 0 Å². The molecule has 5 rings (SSSR count). The fourth-order valence-corrected chi connectivity index (χ4v) is 5.47. The van der Waals surface area contributed by atoms with Crippen LogP contribution in [0.4, 0.5) is 17.6 Å². The molecule has 186 valence electrons. The van der Waals surface area contributed by atoms with Gasteiger partial charge in [0.1, 0.15) is 53.7 Å². The second-order valence-corrected chi connectivity index (χ2v) is 9.35. The van der Waals surface area contributed by atoms with Gasteiger partial charge in [0.25, 0.3) is 0 Å². The van der Waals surface area contributed by atoms with Crippen LogP contribution in [0.3, 0.4) is 0 Å². The minimum Gasteiger partial charge on any atom is -1.00 e. The number of quaternary nitrogens is 1. The van der Waals surface area contributed by atoms with E-state index in [9.17, 15) is 27.5 Å². The van der Waals surface area contributed by atoms with Gasteiger partial charge in [0.2, 0.25) is 5.60 Å². The first-order valence-corrected chi connectivity index (χ1v) is 10.4. The van der Waals surface area contributed by atoms with Gasteiger partial charge in [-0.15, -0.1) is 0 Å². The number of benzene rings is 2. The molecule has 0 radical (unpaired) electrons. The monoisotopic (exact) mass is 547 g/mol. The van der Waals surface area contributed by atoms with Gasteiger partial charge >= 0.3 is 5.97 Å². The summed E-state index contributed by atoms with van der Waals surface area (Å²) in [6.45, 7) is 0. The summed E-state index contributed by atoms with van der Waals surface area (Å²) in [4.78, 5) is 13.3. The molecule has 5 nitrogen and oxygen atoms in total. The van der Waals surface area contributed by atoms with Gasteiger partial charge in [0, 0.05) is 36.1 Å². The number of fused-ring (bicyclic) bond motifs is 5. The molecular weight excluding hydrogens is 522 g/mol. The molecule has 3 saturated heterocycles. The van der Waals surface area contributed by atoms with Crippen molar-refractivity contribution in [2.24, 2.45) is 0 Å². The van der Waals surface area contributed by atoms with E-state index >= 15 is 0 Å². The predicted octanol–water partition coefficient (Wildman–Crippen LogP) is 0.419. The summed E-state index contributed by atoms with van der Waals surface area (Å²) in [6.07, 6.45) is 0.547. The smallest absolute Gasteiger partial charge is 0.347 e. The molecule has 3 aliphatic heterocycles. The standard InChI is InChI=1S/C23H22F4NO4.CH4.BrH/c1-28(2)18-9-17(10-19(28)21-20(18)32-21)31-22(29)23(30,11-3-13(24)7-14(25)4-11)12-5-15(26)8-16(27)6-12;;/h3-8,17-21,30H,9-10H2,1-2H3;1H4;1H/q+1;;/p-1/t17?,18-,19?,20+,21?;;/m0../s1. The first-order chi connectivity index (χ1) is 15.0. The molecule has 2 bridgehead atoms. The van der Waals surface area contributed by atoms with Crippen molar-refractivity contribution in [2.75, 3.05) is 14.1 Å². The Bertz CT molecular complexity index is 1000. The highest BCUT2D eigenvalue weighted by molar-refractivity contribution is 5.85. The molecule has 3 aliphatic rings. The number of aliphatic hydroxyl groups is 1. The number of ether oxygens (including phenoxy) is 2. The van der Waals surface area contributed by atoms with Crippen LogP contribution in [0.25, 0.3) is 0 Å². The Balaban J connectivity index is 0.00000162. The molecule has 0 aromatic heterocycles. The zero-order valence-electron chi connectivity index (χ0n) is 17.8. The molecule has 3 heterocycles. The highest BCUT2D eigenvalue weighted by Gasteiger charge is 2.71. The number of piperidine rings is 1. The fraction of sp³-hybridized carbons (Fsp3) is 0.458. The lowest BCUT2D eigenvalue weighted by Crippen LogP contribution is -3.00. The number of nitrogens with zero attached hydrogens (tertiary/aromatic N) is 1. The molecule has 3 fully saturated rings. The summed E-state index contributed by atoms with van der Waals surface area (Å²) < 4.78 is 67.8. The average Bonchev–Trinajstić information content (AvgIpc) is 3.44. The molecule has 1 N–H and O–H groups in total. The second-order valence-electron chi connectivity index (χ2n) is 9.35. The van der Waals surface area contributed by atoms with E-state index < -0.39 is 52.1 Å². The number of morpholine rings is 1. The van der Waals surface area contributed by atoms with Crippen molar-refractivity contribution in [2.45, 2.75) is 56.3 Å². The van der Waals surface area contributed by atoms with Crippen LogP contribution in [0.2, 0.25) is 0 Å². The highest BCUT2D eigenvalue weighted by Crippen LogP contribution is 2.52. The quantitative estimate of drug-likeness (QED) is 0.261. The van der Waals surface area contributed by atoms with E-state index in [4.69, 9.17) is 9.47 Å². The molecule has 2 aromatic carbocycles. The van der Waals surface area contributed by atoms with Crippen molar-refractivity contribution < 1.29 is 58.4 Å². The first-order valence-electron chi connectivity index (χ1n) is 10.4. The fourth-order valence-electron chi connectivity index (χ4n) is 5.47. The normalized spacial score (nSPS) is 28.3. The molecule has 5 atom stereocenters. The van der Waals surface area contributed by atoms with Crippen molar-refractivity contribution in [3.63, 3.8) is 0 Å². The topological polar surface area (TPSA) is 59.1 Å². The van der Waals surface area contributed by atoms with Gasteiger partial charge in [0.05, 0.1) is 14.1 Å². The van der Waals surface area contributed by atoms with Crippen LogP contribution in [-0.2, 0) is 19.9 Å². The molecule has 0 spiro atoms. The van der Waals surface area contributed by atoms with Gasteiger partial charge in [0.15, 0.2) is 0 Å². The Morgan fingerprint density at radius 1 is 0.912 bits per heavy atom. The number of carbonyl (C=O) groups excluding carboxylic acids is 1. The Morgan fingerprint density at radius 2 is 1.29 bits per heavy atom. The molecule has 0 amide bonds. The van der Waals surface area contributed by atoms with Crippen LogP contribution in [0.15, 0.2) is 36.4 Å². The number of likely N-dealkylation sites (N-methyl/N-ethyl adjacent to an activating group) is 1. The minimum absolute atomic E-state index is 0. The molecule has 3 unspecified atom stereocenters. The van der Waals surface area contributed by atoms with E-state index in [-0.39, 0.29) is 48.7 Å². The van der Waals surface area contributed by atoms with Crippen molar-refractivity contribution in [3.8, 4) is 0 Å². The minimum atomic E-state index is -2.81. The molecule has 0 saturated carbocycles. The molecule has 10 heteroatoms. The van der Waals surface area contributed by atoms with Crippen LogP contribution in [0.5, 0.6) is 0 Å². The zero-order valence-corrected chi connectivity index (χ0v) is 19.4. The van der Waals surface area contributed by atoms with E-state index in [0.717, 1.165) is 28.7 Å². The SMILES string of the molecule is C.C[N+]1(C)C2CC(OC(=O)C(O)(c3cc(F)cc(F)c3)c3cc(F)cc(F)c3)C[C@H]1[C@H]1OC21.[Br-]. The van der Waals surface area contributed by atoms with Crippen LogP contribution in [0.1, 0.15) is 31.4 Å². The Morgan fingerprint density at radius 3 is 1.68 bits per heavy atom. The summed E-state index contributed by atoms with van der Waals surface area (Å²) in [7, 11) is 4.18. The van der Waals surface area contributed by atoms with E-state index in [0.29, 0.717) is 25.0 Å². The summed E-state index contributed by atoms with van der Waals surface area (Å²) in [5.74, 6) is -5.49. The molecule has 0 aliphatic carbocycles. The average molecular weight is 548 g/mol. The van der Waals surface area contributed by atoms with Crippen LogP contribution < -0.4 is 17.0 Å². The highest BCUT2D eigenvalue weighted by atomic mass is 79.9. The summed E-state index contributed by atoms with van der Waals surface area (Å²) >= 11 is 0. The third-order valence-corrected chi connectivity index (χ3v) is 7.17. The summed E-state index contributed by atoms with van der Waals surface area (Å²) in [5, 5.41) is 11.4. The van der Waals surface area contributed by atoms with Gasteiger partial charge in [-0.3, -0.25) is 0 Å². The Labute approximate surface area is 205 Å². The van der Waals surface area contributed by atoms with Crippen LogP contribution in [-0.4, -0.2) is 60.0 Å².